The van der Waals surface area contributed by atoms with Crippen LogP contribution >= 0.6 is 0 Å². The molecule has 2 aromatic rings. The van der Waals surface area contributed by atoms with Crippen LogP contribution in [0.3, 0.4) is 0 Å². The number of benzene rings is 1. The first-order chi connectivity index (χ1) is 9.58. The Bertz CT molecular complexity index is 646. The minimum atomic E-state index is 0.106. The fourth-order valence-electron chi connectivity index (χ4n) is 2.78. The van der Waals surface area contributed by atoms with Gasteiger partial charge in [0.2, 0.25) is 0 Å². The number of anilines is 1. The van der Waals surface area contributed by atoms with Crippen LogP contribution in [0.2, 0.25) is 0 Å². The number of amides is 2. The summed E-state index contributed by atoms with van der Waals surface area (Å²) in [5.74, 6) is 0. The Balaban J connectivity index is 1.95. The molecule has 5 nitrogen and oxygen atoms in total. The summed E-state index contributed by atoms with van der Waals surface area (Å²) in [4.78, 5) is 16.3. The smallest absolute Gasteiger partial charge is 0.322 e. The van der Waals surface area contributed by atoms with Crippen LogP contribution in [0, 0.1) is 0 Å². The second-order valence-corrected chi connectivity index (χ2v) is 5.59. The number of hydrogen-bond acceptors (Lipinski definition) is 2. The lowest BCUT2D eigenvalue weighted by molar-refractivity contribution is 0.180. The van der Waals surface area contributed by atoms with Gasteiger partial charge in [-0.3, -0.25) is 9.58 Å². The number of hydrogen-bond donors (Lipinski definition) is 0. The van der Waals surface area contributed by atoms with Crippen molar-refractivity contribution >= 4 is 22.6 Å². The molecule has 0 bridgehead atoms. The van der Waals surface area contributed by atoms with Gasteiger partial charge in [-0.05, 0) is 38.5 Å². The molecule has 0 saturated carbocycles. The van der Waals surface area contributed by atoms with E-state index in [1.807, 2.05) is 45.9 Å². The van der Waals surface area contributed by atoms with Crippen LogP contribution < -0.4 is 4.90 Å². The number of carbonyl (C=O) groups excluding carboxylic acids is 1. The predicted molar refractivity (Wildman–Crippen MR) is 79.9 cm³/mol. The van der Waals surface area contributed by atoms with Gasteiger partial charge in [-0.25, -0.2) is 4.79 Å². The van der Waals surface area contributed by atoms with Crippen molar-refractivity contribution in [2.45, 2.75) is 26.3 Å². The van der Waals surface area contributed by atoms with Crippen molar-refractivity contribution in [2.75, 3.05) is 18.0 Å². The summed E-state index contributed by atoms with van der Waals surface area (Å²) in [6.45, 7) is 5.76. The number of aromatic nitrogens is 2. The van der Waals surface area contributed by atoms with Crippen LogP contribution in [0.15, 0.2) is 24.4 Å². The van der Waals surface area contributed by atoms with Crippen molar-refractivity contribution < 1.29 is 4.79 Å². The van der Waals surface area contributed by atoms with Gasteiger partial charge in [-0.15, -0.1) is 0 Å². The zero-order chi connectivity index (χ0) is 14.3. The van der Waals surface area contributed by atoms with Crippen LogP contribution in [0.5, 0.6) is 0 Å². The topological polar surface area (TPSA) is 41.4 Å². The Labute approximate surface area is 118 Å². The highest BCUT2D eigenvalue weighted by atomic mass is 16.2. The lowest BCUT2D eigenvalue weighted by atomic mass is 10.2. The normalized spacial score (nSPS) is 16.5. The monoisotopic (exact) mass is 272 g/mol. The molecule has 0 spiro atoms. The zero-order valence-corrected chi connectivity index (χ0v) is 12.2. The van der Waals surface area contributed by atoms with Gasteiger partial charge in [0.25, 0.3) is 0 Å². The van der Waals surface area contributed by atoms with E-state index in [1.165, 1.54) is 0 Å². The predicted octanol–water partition coefficient (Wildman–Crippen LogP) is 2.61. The van der Waals surface area contributed by atoms with E-state index in [4.69, 9.17) is 0 Å². The molecule has 1 saturated heterocycles. The average Bonchev–Trinajstić information content (AvgIpc) is 2.80. The molecule has 0 atom stereocenters. The molecule has 1 aromatic heterocycles. The van der Waals surface area contributed by atoms with Gasteiger partial charge in [-0.2, -0.15) is 5.10 Å². The van der Waals surface area contributed by atoms with E-state index < -0.39 is 0 Å². The van der Waals surface area contributed by atoms with Crippen molar-refractivity contribution in [2.24, 2.45) is 7.05 Å². The van der Waals surface area contributed by atoms with Crippen LogP contribution in [0.4, 0.5) is 10.5 Å². The lowest BCUT2D eigenvalue weighted by Gasteiger charge is -2.38. The Morgan fingerprint density at radius 3 is 2.80 bits per heavy atom. The first kappa shape index (κ1) is 13.0. The van der Waals surface area contributed by atoms with Gasteiger partial charge in [0.15, 0.2) is 0 Å². The standard InChI is InChI=1S/C15H20N4O/c1-11(2)18-7-4-8-19(15(18)20)13-5-6-14-12(9-13)10-16-17(14)3/h5-6,9-11H,4,7-8H2,1-3H3. The summed E-state index contributed by atoms with van der Waals surface area (Å²) in [6, 6.07) is 6.43. The molecule has 0 radical (unpaired) electrons. The average molecular weight is 272 g/mol. The van der Waals surface area contributed by atoms with Gasteiger partial charge >= 0.3 is 6.03 Å². The van der Waals surface area contributed by atoms with Gasteiger partial charge in [0.05, 0.1) is 11.7 Å². The minimum absolute atomic E-state index is 0.106. The quantitative estimate of drug-likeness (QED) is 0.843. The molecule has 106 valence electrons. The summed E-state index contributed by atoms with van der Waals surface area (Å²) in [5, 5.41) is 5.32. The lowest BCUT2D eigenvalue weighted by Crippen LogP contribution is -2.52. The fraction of sp³-hybridized carbons (Fsp3) is 0.467. The van der Waals surface area contributed by atoms with E-state index in [-0.39, 0.29) is 12.1 Å². The first-order valence-electron chi connectivity index (χ1n) is 7.08. The molecule has 5 heteroatoms. The molecular weight excluding hydrogens is 252 g/mol. The van der Waals surface area contributed by atoms with Crippen LogP contribution in [-0.2, 0) is 7.05 Å². The second-order valence-electron chi connectivity index (χ2n) is 5.59. The Morgan fingerprint density at radius 1 is 1.25 bits per heavy atom. The van der Waals surface area contributed by atoms with E-state index in [0.717, 1.165) is 36.1 Å². The van der Waals surface area contributed by atoms with E-state index in [1.54, 1.807) is 0 Å². The largest absolute Gasteiger partial charge is 0.324 e. The highest BCUT2D eigenvalue weighted by Gasteiger charge is 2.28. The van der Waals surface area contributed by atoms with Crippen LogP contribution in [0.25, 0.3) is 10.9 Å². The highest BCUT2D eigenvalue weighted by Crippen LogP contribution is 2.25. The van der Waals surface area contributed by atoms with Crippen molar-refractivity contribution in [3.05, 3.63) is 24.4 Å². The summed E-state index contributed by atoms with van der Waals surface area (Å²) in [7, 11) is 1.93. The van der Waals surface area contributed by atoms with Gasteiger partial charge in [0, 0.05) is 37.3 Å². The number of aryl methyl sites for hydroxylation is 1. The summed E-state index contributed by atoms with van der Waals surface area (Å²) >= 11 is 0. The molecule has 0 unspecified atom stereocenters. The molecule has 20 heavy (non-hydrogen) atoms. The number of nitrogens with zero attached hydrogens (tertiary/aromatic N) is 4. The Morgan fingerprint density at radius 2 is 2.05 bits per heavy atom. The molecule has 0 aliphatic carbocycles. The maximum absolute atomic E-state index is 12.5. The van der Waals surface area contributed by atoms with E-state index in [2.05, 4.69) is 18.9 Å². The van der Waals surface area contributed by atoms with Gasteiger partial charge in [0.1, 0.15) is 0 Å². The summed E-state index contributed by atoms with van der Waals surface area (Å²) < 4.78 is 1.84. The maximum atomic E-state index is 12.5. The van der Waals surface area contributed by atoms with Crippen molar-refractivity contribution in [3.63, 3.8) is 0 Å². The summed E-state index contributed by atoms with van der Waals surface area (Å²) in [6.07, 6.45) is 2.85. The number of rotatable bonds is 2. The molecular formula is C15H20N4O. The van der Waals surface area contributed by atoms with E-state index in [9.17, 15) is 4.79 Å². The molecule has 1 aromatic carbocycles. The molecule has 1 aliphatic heterocycles. The Kier molecular flexibility index (Phi) is 3.12. The zero-order valence-electron chi connectivity index (χ0n) is 12.2. The van der Waals surface area contributed by atoms with Crippen LogP contribution in [0.1, 0.15) is 20.3 Å². The molecule has 1 aliphatic rings. The number of fused-ring (bicyclic) bond motifs is 1. The third kappa shape index (κ3) is 2.03. The number of carbonyl (C=O) groups is 1. The number of urea groups is 1. The first-order valence-corrected chi connectivity index (χ1v) is 7.08. The summed E-state index contributed by atoms with van der Waals surface area (Å²) in [5.41, 5.74) is 2.04. The third-order valence-electron chi connectivity index (χ3n) is 3.92. The second kappa shape index (κ2) is 4.81. The molecule has 2 heterocycles. The van der Waals surface area contributed by atoms with Crippen molar-refractivity contribution in [3.8, 4) is 0 Å². The van der Waals surface area contributed by atoms with Crippen LogP contribution in [-0.4, -0.2) is 39.8 Å². The van der Waals surface area contributed by atoms with E-state index in [0.29, 0.717) is 0 Å². The van der Waals surface area contributed by atoms with Gasteiger partial charge < -0.3 is 4.90 Å². The highest BCUT2D eigenvalue weighted by molar-refractivity contribution is 5.95. The molecule has 0 N–H and O–H groups in total. The molecule has 2 amide bonds. The van der Waals surface area contributed by atoms with Crippen molar-refractivity contribution in [1.29, 1.82) is 0 Å². The van der Waals surface area contributed by atoms with Crippen molar-refractivity contribution in [1.82, 2.24) is 14.7 Å². The SMILES string of the molecule is CC(C)N1CCCN(c2ccc3c(cnn3C)c2)C1=O. The van der Waals surface area contributed by atoms with Gasteiger partial charge in [-0.1, -0.05) is 0 Å². The minimum Gasteiger partial charge on any atom is -0.322 e. The molecule has 3 rings (SSSR count). The molecule has 1 fully saturated rings. The fourth-order valence-corrected chi connectivity index (χ4v) is 2.78. The third-order valence-corrected chi connectivity index (χ3v) is 3.92. The van der Waals surface area contributed by atoms with E-state index >= 15 is 0 Å². The Hall–Kier alpha value is -2.04. The maximum Gasteiger partial charge on any atom is 0.324 e.